The van der Waals surface area contributed by atoms with Gasteiger partial charge in [-0.15, -0.1) is 0 Å². The minimum atomic E-state index is -1.90. The molecule has 1 fully saturated rings. The smallest absolute Gasteiger partial charge is 0.335 e. The van der Waals surface area contributed by atoms with Crippen molar-refractivity contribution in [2.24, 2.45) is 0 Å². The molecule has 1 saturated heterocycles. The Morgan fingerprint density at radius 1 is 0.479 bits per heavy atom. The molecule has 0 bridgehead atoms. The Bertz CT molecular complexity index is 1380. The predicted octanol–water partition coefficient (Wildman–Crippen LogP) is 14.5. The summed E-state index contributed by atoms with van der Waals surface area (Å²) in [6.07, 6.45) is 42.6. The van der Waals surface area contributed by atoms with E-state index in [2.05, 4.69) is 57.2 Å². The fourth-order valence-electron chi connectivity index (χ4n) is 8.80. The highest BCUT2D eigenvalue weighted by Crippen LogP contribution is 2.26. The molecule has 0 radical (unpaired) electrons. The Balaban J connectivity index is 2.70. The number of esters is 3. The van der Waals surface area contributed by atoms with E-state index in [0.717, 1.165) is 89.9 Å². The van der Waals surface area contributed by atoms with E-state index in [0.29, 0.717) is 19.3 Å². The van der Waals surface area contributed by atoms with Gasteiger partial charge in [0.15, 0.2) is 24.6 Å². The number of carboxylic acids is 1. The topological polar surface area (TPSA) is 175 Å². The first-order valence-electron chi connectivity index (χ1n) is 29.0. The second-order valence-electron chi connectivity index (χ2n) is 19.9. The van der Waals surface area contributed by atoms with Gasteiger partial charge in [-0.2, -0.15) is 0 Å². The normalized spacial score (nSPS) is 18.7. The summed E-state index contributed by atoms with van der Waals surface area (Å²) in [6, 6.07) is 0. The van der Waals surface area contributed by atoms with E-state index < -0.39 is 67.3 Å². The van der Waals surface area contributed by atoms with Crippen molar-refractivity contribution in [3.05, 3.63) is 36.5 Å². The van der Waals surface area contributed by atoms with Crippen LogP contribution in [0.1, 0.15) is 265 Å². The zero-order valence-corrected chi connectivity index (χ0v) is 45.2. The lowest BCUT2D eigenvalue weighted by Crippen LogP contribution is -2.61. The van der Waals surface area contributed by atoms with Gasteiger partial charge in [0.1, 0.15) is 18.8 Å². The number of aliphatic hydroxyl groups excluding tert-OH is 2. The highest BCUT2D eigenvalue weighted by atomic mass is 16.7. The summed E-state index contributed by atoms with van der Waals surface area (Å²) in [6.45, 7) is 5.88. The van der Waals surface area contributed by atoms with Gasteiger partial charge >= 0.3 is 23.9 Å². The number of allylic oxidation sites excluding steroid dienone is 6. The van der Waals surface area contributed by atoms with E-state index in [1.165, 1.54) is 116 Å². The van der Waals surface area contributed by atoms with Gasteiger partial charge in [-0.05, 0) is 51.4 Å². The molecule has 412 valence electrons. The molecule has 0 aromatic carbocycles. The average molecular weight is 1010 g/mol. The molecule has 6 unspecified atom stereocenters. The molecule has 0 saturated carbocycles. The second kappa shape index (κ2) is 47.9. The third kappa shape index (κ3) is 38.2. The molecule has 12 heteroatoms. The van der Waals surface area contributed by atoms with Gasteiger partial charge in [0, 0.05) is 19.3 Å². The maximum Gasteiger partial charge on any atom is 0.335 e. The van der Waals surface area contributed by atoms with Gasteiger partial charge in [0.2, 0.25) is 0 Å². The van der Waals surface area contributed by atoms with Crippen molar-refractivity contribution in [2.45, 2.75) is 302 Å². The molecule has 71 heavy (non-hydrogen) atoms. The number of rotatable bonds is 49. The van der Waals surface area contributed by atoms with Crippen LogP contribution in [0.15, 0.2) is 36.5 Å². The maximum atomic E-state index is 13.1. The summed E-state index contributed by atoms with van der Waals surface area (Å²) in [5.74, 6) is -3.12. The number of unbranched alkanes of at least 4 members (excludes halogenated alkanes) is 29. The van der Waals surface area contributed by atoms with Crippen LogP contribution in [-0.2, 0) is 42.9 Å². The SMILES string of the molecule is CC/C=C\C/C=C\C/C=C\CCCCCCCC(=O)OC1C(OCC(COC(=O)CCCCCCCCCCCCCCC)OC(=O)CCCCCCCCCCCCCCC)OC(C(=O)O)C(O)C1O. The molecule has 12 nitrogen and oxygen atoms in total. The van der Waals surface area contributed by atoms with E-state index >= 15 is 0 Å². The monoisotopic (exact) mass is 1000 g/mol. The molecule has 6 atom stereocenters. The molecule has 1 aliphatic heterocycles. The van der Waals surface area contributed by atoms with Gasteiger partial charge < -0.3 is 39.0 Å². The molecule has 0 aliphatic carbocycles. The van der Waals surface area contributed by atoms with Crippen molar-refractivity contribution in [1.29, 1.82) is 0 Å². The van der Waals surface area contributed by atoms with Gasteiger partial charge in [0.05, 0.1) is 6.61 Å². The highest BCUT2D eigenvalue weighted by molar-refractivity contribution is 5.74. The minimum Gasteiger partial charge on any atom is -0.479 e. The molecule has 0 aromatic heterocycles. The second-order valence-corrected chi connectivity index (χ2v) is 19.9. The standard InChI is InChI=1S/C59H104O12/c1-4-7-10-13-16-19-22-25-26-29-32-35-38-41-44-47-53(62)70-57-55(64)54(63)56(58(65)66)71-59(57)68-49-50(69-52(61)46-43-40-37-34-31-28-24-21-18-15-12-9-6-3)48-67-51(60)45-42-39-36-33-30-27-23-20-17-14-11-8-5-2/h7,10,16,19,25-26,50,54-57,59,63-64H,4-6,8-9,11-15,17-18,20-24,27-49H2,1-3H3,(H,65,66)/b10-7-,19-16-,26-25-. The predicted molar refractivity (Wildman–Crippen MR) is 285 cm³/mol. The fraction of sp³-hybridized carbons (Fsp3) is 0.831. The molecule has 3 N–H and O–H groups in total. The largest absolute Gasteiger partial charge is 0.479 e. The summed E-state index contributed by atoms with van der Waals surface area (Å²) < 4.78 is 28.4. The van der Waals surface area contributed by atoms with E-state index in [1.807, 2.05) is 0 Å². The van der Waals surface area contributed by atoms with Gasteiger partial charge in [0.25, 0.3) is 0 Å². The molecule has 1 rings (SSSR count). The van der Waals surface area contributed by atoms with Crippen molar-refractivity contribution in [1.82, 2.24) is 0 Å². The molecule has 0 spiro atoms. The number of aliphatic carboxylic acids is 1. The first kappa shape index (κ1) is 66.0. The van der Waals surface area contributed by atoms with E-state index in [-0.39, 0.29) is 25.9 Å². The summed E-state index contributed by atoms with van der Waals surface area (Å²) in [5.41, 5.74) is 0. The van der Waals surface area contributed by atoms with Crippen molar-refractivity contribution in [2.75, 3.05) is 13.2 Å². The Hall–Kier alpha value is -3.06. The number of aliphatic hydroxyl groups is 2. The van der Waals surface area contributed by atoms with Crippen LogP contribution in [0.4, 0.5) is 0 Å². The number of ether oxygens (including phenoxy) is 5. The van der Waals surface area contributed by atoms with Crippen LogP contribution in [0.5, 0.6) is 0 Å². The average Bonchev–Trinajstić information content (AvgIpc) is 3.35. The van der Waals surface area contributed by atoms with Gasteiger partial charge in [-0.3, -0.25) is 14.4 Å². The van der Waals surface area contributed by atoms with E-state index in [4.69, 9.17) is 23.7 Å². The lowest BCUT2D eigenvalue weighted by Gasteiger charge is -2.40. The molecule has 1 heterocycles. The molecule has 0 amide bonds. The summed E-state index contributed by atoms with van der Waals surface area (Å²) in [5, 5.41) is 31.4. The Labute approximate surface area is 431 Å². The fourth-order valence-corrected chi connectivity index (χ4v) is 8.80. The lowest BCUT2D eigenvalue weighted by molar-refractivity contribution is -0.301. The molecular weight excluding hydrogens is 901 g/mol. The van der Waals surface area contributed by atoms with Crippen LogP contribution < -0.4 is 0 Å². The Morgan fingerprint density at radius 2 is 0.887 bits per heavy atom. The van der Waals surface area contributed by atoms with Crippen molar-refractivity contribution in [3.63, 3.8) is 0 Å². The van der Waals surface area contributed by atoms with Gasteiger partial charge in [-0.1, -0.05) is 231 Å². The zero-order chi connectivity index (χ0) is 51.8. The summed E-state index contributed by atoms with van der Waals surface area (Å²) >= 11 is 0. The van der Waals surface area contributed by atoms with E-state index in [9.17, 15) is 34.5 Å². The van der Waals surface area contributed by atoms with Gasteiger partial charge in [-0.25, -0.2) is 4.79 Å². The number of carboxylic acid groups (broad SMARTS) is 1. The number of hydrogen-bond acceptors (Lipinski definition) is 11. The number of carbonyl (C=O) groups excluding carboxylic acids is 3. The van der Waals surface area contributed by atoms with Crippen molar-refractivity contribution < 1.29 is 58.2 Å². The lowest BCUT2D eigenvalue weighted by atomic mass is 9.98. The van der Waals surface area contributed by atoms with Crippen LogP contribution in [0.25, 0.3) is 0 Å². The number of carbonyl (C=O) groups is 4. The Morgan fingerprint density at radius 3 is 1.35 bits per heavy atom. The van der Waals surface area contributed by atoms with Crippen molar-refractivity contribution in [3.8, 4) is 0 Å². The van der Waals surface area contributed by atoms with Crippen LogP contribution in [0.3, 0.4) is 0 Å². The van der Waals surface area contributed by atoms with Crippen LogP contribution >= 0.6 is 0 Å². The minimum absolute atomic E-state index is 0.0444. The van der Waals surface area contributed by atoms with Crippen LogP contribution in [-0.4, -0.2) is 89.2 Å². The molecule has 1 aliphatic rings. The third-order valence-corrected chi connectivity index (χ3v) is 13.2. The van der Waals surface area contributed by atoms with Crippen LogP contribution in [0, 0.1) is 0 Å². The Kier molecular flexibility index (Phi) is 44.5. The summed E-state index contributed by atoms with van der Waals surface area (Å²) in [7, 11) is 0. The quantitative estimate of drug-likeness (QED) is 0.0228. The maximum absolute atomic E-state index is 13.1. The first-order chi connectivity index (χ1) is 34.6. The van der Waals surface area contributed by atoms with E-state index in [1.54, 1.807) is 0 Å². The highest BCUT2D eigenvalue weighted by Gasteiger charge is 2.50. The van der Waals surface area contributed by atoms with Crippen molar-refractivity contribution >= 4 is 23.9 Å². The molecule has 0 aromatic rings. The zero-order valence-electron chi connectivity index (χ0n) is 45.2. The number of hydrogen-bond donors (Lipinski definition) is 3. The summed E-state index contributed by atoms with van der Waals surface area (Å²) in [4.78, 5) is 51.0. The third-order valence-electron chi connectivity index (χ3n) is 13.2. The first-order valence-corrected chi connectivity index (χ1v) is 29.0. The van der Waals surface area contributed by atoms with Crippen LogP contribution in [0.2, 0.25) is 0 Å². The molecular formula is C59H104O12.